The number of benzene rings is 2. The van der Waals surface area contributed by atoms with Gasteiger partial charge in [-0.15, -0.1) is 5.10 Å². The Kier molecular flexibility index (Phi) is 5.84. The van der Waals surface area contributed by atoms with Crippen molar-refractivity contribution in [2.24, 2.45) is 4.99 Å². The van der Waals surface area contributed by atoms with Crippen molar-refractivity contribution in [3.63, 3.8) is 0 Å². The Balaban J connectivity index is 1.53. The van der Waals surface area contributed by atoms with Crippen LogP contribution >= 0.6 is 11.6 Å². The van der Waals surface area contributed by atoms with Crippen molar-refractivity contribution in [2.75, 3.05) is 0 Å². The van der Waals surface area contributed by atoms with Gasteiger partial charge in [-0.2, -0.15) is 0 Å². The van der Waals surface area contributed by atoms with E-state index in [4.69, 9.17) is 11.6 Å². The molecular formula is C22H23ClN6O2. The van der Waals surface area contributed by atoms with Gasteiger partial charge in [-0.25, -0.2) is 9.89 Å². The number of nitrogens with one attached hydrogen (secondary N) is 2. The fraction of sp³-hybridized carbons (Fsp3) is 0.318. The van der Waals surface area contributed by atoms with E-state index in [1.165, 1.54) is 6.21 Å². The number of carbonyl (C=O) groups is 1. The highest BCUT2D eigenvalue weighted by molar-refractivity contribution is 6.33. The van der Waals surface area contributed by atoms with Gasteiger partial charge in [-0.05, 0) is 40.0 Å². The Morgan fingerprint density at radius 1 is 1.13 bits per heavy atom. The summed E-state index contributed by atoms with van der Waals surface area (Å²) in [4.78, 5) is 15.1. The Morgan fingerprint density at radius 3 is 2.52 bits per heavy atom. The maximum absolute atomic E-state index is 11.8. The average Bonchev–Trinajstić information content (AvgIpc) is 3.42. The Morgan fingerprint density at radius 2 is 1.87 bits per heavy atom. The molecule has 3 N–H and O–H groups in total. The lowest BCUT2D eigenvalue weighted by Crippen LogP contribution is -2.55. The predicted molar refractivity (Wildman–Crippen MR) is 119 cm³/mol. The monoisotopic (exact) mass is 438 g/mol. The van der Waals surface area contributed by atoms with Crippen LogP contribution in [0.1, 0.15) is 31.7 Å². The van der Waals surface area contributed by atoms with Crippen molar-refractivity contribution in [3.8, 4) is 22.5 Å². The molecule has 2 aromatic carbocycles. The van der Waals surface area contributed by atoms with Crippen LogP contribution in [0, 0.1) is 0 Å². The number of H-pyrrole nitrogens is 1. The lowest BCUT2D eigenvalue weighted by molar-refractivity contribution is -0.144. The van der Waals surface area contributed by atoms with E-state index in [0.29, 0.717) is 18.7 Å². The SMILES string of the molecule is CCCCC1(C(=O)O)N=CC(Cl)(Cc2ccc(-c3ccccc3-c3nnn[nH]3)cc2)N1. The number of aliphatic imine (C=N–C) groups is 1. The number of hydrogen-bond donors (Lipinski definition) is 3. The van der Waals surface area contributed by atoms with Gasteiger partial charge in [0, 0.05) is 18.2 Å². The molecule has 0 amide bonds. The van der Waals surface area contributed by atoms with Crippen molar-refractivity contribution in [3.05, 3.63) is 54.1 Å². The highest BCUT2D eigenvalue weighted by atomic mass is 35.5. The topological polar surface area (TPSA) is 116 Å². The molecule has 9 heteroatoms. The molecule has 160 valence electrons. The summed E-state index contributed by atoms with van der Waals surface area (Å²) >= 11 is 6.71. The second-order valence-electron chi connectivity index (χ2n) is 7.68. The first-order chi connectivity index (χ1) is 14.9. The molecule has 8 nitrogen and oxygen atoms in total. The maximum atomic E-state index is 11.8. The van der Waals surface area contributed by atoms with E-state index in [9.17, 15) is 9.90 Å². The van der Waals surface area contributed by atoms with Gasteiger partial charge in [0.1, 0.15) is 5.00 Å². The summed E-state index contributed by atoms with van der Waals surface area (Å²) in [5.74, 6) is -0.406. The summed E-state index contributed by atoms with van der Waals surface area (Å²) in [6.07, 6.45) is 3.97. The number of unbranched alkanes of at least 4 members (excludes halogenated alkanes) is 1. The first-order valence-electron chi connectivity index (χ1n) is 10.2. The molecule has 0 radical (unpaired) electrons. The molecule has 4 rings (SSSR count). The summed E-state index contributed by atoms with van der Waals surface area (Å²) in [5.41, 5.74) is 2.52. The van der Waals surface area contributed by atoms with E-state index in [1.54, 1.807) is 0 Å². The quantitative estimate of drug-likeness (QED) is 0.365. The summed E-state index contributed by atoms with van der Waals surface area (Å²) < 4.78 is 0. The number of halogens is 1. The fourth-order valence-corrected chi connectivity index (χ4v) is 4.16. The van der Waals surface area contributed by atoms with Crippen LogP contribution in [0.25, 0.3) is 22.5 Å². The molecule has 0 fully saturated rings. The van der Waals surface area contributed by atoms with Crippen LogP contribution < -0.4 is 5.32 Å². The van der Waals surface area contributed by atoms with Crippen LogP contribution in [0.3, 0.4) is 0 Å². The third-order valence-electron chi connectivity index (χ3n) is 5.40. The van der Waals surface area contributed by atoms with E-state index in [2.05, 4.69) is 30.9 Å². The Labute approximate surface area is 184 Å². The van der Waals surface area contributed by atoms with Crippen molar-refractivity contribution >= 4 is 23.8 Å². The number of nitrogens with zero attached hydrogens (tertiary/aromatic N) is 4. The lowest BCUT2D eigenvalue weighted by atomic mass is 9.96. The standard InChI is InChI=1S/C22H23ClN6O2/c1-2-3-12-22(20(30)31)24-14-21(23,27-22)13-15-8-10-16(11-9-15)17-6-4-5-7-18(17)19-25-28-29-26-19/h4-11,14,27H,2-3,12-13H2,1H3,(H,30,31)(H,25,26,28,29). The molecule has 3 aromatic rings. The third kappa shape index (κ3) is 4.35. The van der Waals surface area contributed by atoms with Gasteiger partial charge >= 0.3 is 5.97 Å². The molecule has 2 atom stereocenters. The van der Waals surface area contributed by atoms with Crippen molar-refractivity contribution < 1.29 is 9.90 Å². The zero-order valence-corrected chi connectivity index (χ0v) is 17.8. The number of aromatic amines is 1. The molecule has 0 spiro atoms. The molecule has 31 heavy (non-hydrogen) atoms. The number of carboxylic acid groups (broad SMARTS) is 1. The van der Waals surface area contributed by atoms with Gasteiger partial charge in [0.15, 0.2) is 5.82 Å². The van der Waals surface area contributed by atoms with Crippen LogP contribution in [0.15, 0.2) is 53.5 Å². The normalized spacial score (nSPS) is 22.6. The molecule has 1 aliphatic heterocycles. The number of hydrogen-bond acceptors (Lipinski definition) is 6. The van der Waals surface area contributed by atoms with Crippen LogP contribution in [0.2, 0.25) is 0 Å². The van der Waals surface area contributed by atoms with Gasteiger partial charge in [0.25, 0.3) is 0 Å². The van der Waals surface area contributed by atoms with Crippen LogP contribution in [0.4, 0.5) is 0 Å². The minimum Gasteiger partial charge on any atom is -0.478 e. The molecule has 1 aliphatic rings. The van der Waals surface area contributed by atoms with E-state index < -0.39 is 16.6 Å². The van der Waals surface area contributed by atoms with Crippen molar-refractivity contribution in [1.82, 2.24) is 25.9 Å². The van der Waals surface area contributed by atoms with Crippen molar-refractivity contribution in [1.29, 1.82) is 0 Å². The molecule has 0 bridgehead atoms. The molecule has 1 aromatic heterocycles. The van der Waals surface area contributed by atoms with Gasteiger partial charge in [-0.3, -0.25) is 10.3 Å². The van der Waals surface area contributed by atoms with Crippen LogP contribution in [-0.2, 0) is 11.2 Å². The van der Waals surface area contributed by atoms with Gasteiger partial charge in [0.05, 0.1) is 0 Å². The zero-order chi connectivity index (χ0) is 21.9. The summed E-state index contributed by atoms with van der Waals surface area (Å²) in [5, 5.41) is 26.9. The smallest absolute Gasteiger partial charge is 0.346 e. The number of rotatable bonds is 8. The second-order valence-corrected chi connectivity index (χ2v) is 8.36. The summed E-state index contributed by atoms with van der Waals surface area (Å²) in [6, 6.07) is 15.8. The average molecular weight is 439 g/mol. The molecule has 0 aliphatic carbocycles. The predicted octanol–water partition coefficient (Wildman–Crippen LogP) is 3.66. The third-order valence-corrected chi connectivity index (χ3v) is 5.73. The highest BCUT2D eigenvalue weighted by Crippen LogP contribution is 2.33. The molecule has 2 heterocycles. The Hall–Kier alpha value is -3.10. The number of carboxylic acids is 1. The maximum Gasteiger partial charge on any atom is 0.346 e. The van der Waals surface area contributed by atoms with Gasteiger partial charge in [-0.1, -0.05) is 73.5 Å². The minimum absolute atomic E-state index is 0.399. The molecule has 0 saturated heterocycles. The molecule has 0 saturated carbocycles. The van der Waals surface area contributed by atoms with E-state index in [-0.39, 0.29) is 0 Å². The van der Waals surface area contributed by atoms with Gasteiger partial charge in [0.2, 0.25) is 5.66 Å². The molecule has 2 unspecified atom stereocenters. The number of aliphatic carboxylic acids is 1. The minimum atomic E-state index is -1.36. The first-order valence-corrected chi connectivity index (χ1v) is 10.5. The van der Waals surface area contributed by atoms with Crippen LogP contribution in [-0.4, -0.2) is 48.6 Å². The van der Waals surface area contributed by atoms with Crippen LogP contribution in [0.5, 0.6) is 0 Å². The zero-order valence-electron chi connectivity index (χ0n) is 17.0. The Bertz CT molecular complexity index is 1090. The molecular weight excluding hydrogens is 416 g/mol. The number of alkyl halides is 1. The highest BCUT2D eigenvalue weighted by Gasteiger charge is 2.48. The van der Waals surface area contributed by atoms with E-state index >= 15 is 0 Å². The first kappa shape index (κ1) is 21.1. The summed E-state index contributed by atoms with van der Waals surface area (Å²) in [7, 11) is 0. The second kappa shape index (κ2) is 8.56. The largest absolute Gasteiger partial charge is 0.478 e. The van der Waals surface area contributed by atoms with Crippen molar-refractivity contribution in [2.45, 2.75) is 43.3 Å². The number of aromatic nitrogens is 4. The fourth-order valence-electron chi connectivity index (χ4n) is 3.80. The lowest BCUT2D eigenvalue weighted by Gasteiger charge is -2.28. The van der Waals surface area contributed by atoms with Gasteiger partial charge < -0.3 is 5.11 Å². The number of tetrazole rings is 1. The summed E-state index contributed by atoms with van der Waals surface area (Å²) in [6.45, 7) is 2.01. The van der Waals surface area contributed by atoms with E-state index in [0.717, 1.165) is 35.1 Å². The van der Waals surface area contributed by atoms with E-state index in [1.807, 2.05) is 55.5 Å².